The van der Waals surface area contributed by atoms with E-state index in [1.807, 2.05) is 17.9 Å². The zero-order valence-corrected chi connectivity index (χ0v) is 15.8. The molecule has 3 heterocycles. The summed E-state index contributed by atoms with van der Waals surface area (Å²) in [6, 6.07) is 5.26. The van der Waals surface area contributed by atoms with E-state index in [9.17, 15) is 9.59 Å². The first kappa shape index (κ1) is 19.5. The summed E-state index contributed by atoms with van der Waals surface area (Å²) >= 11 is 1.29. The minimum absolute atomic E-state index is 0. The van der Waals surface area contributed by atoms with Crippen LogP contribution in [0, 0.1) is 12.8 Å². The van der Waals surface area contributed by atoms with Crippen LogP contribution in [0.4, 0.5) is 5.00 Å². The molecule has 0 aliphatic carbocycles. The molecule has 1 fully saturated rings. The van der Waals surface area contributed by atoms with E-state index in [4.69, 9.17) is 10.2 Å². The lowest BCUT2D eigenvalue weighted by Gasteiger charge is -2.21. The first-order valence-corrected chi connectivity index (χ1v) is 8.77. The highest BCUT2D eigenvalue weighted by atomic mass is 35.5. The van der Waals surface area contributed by atoms with Crippen LogP contribution in [-0.4, -0.2) is 35.8 Å². The van der Waals surface area contributed by atoms with Crippen LogP contribution in [0.5, 0.6) is 0 Å². The van der Waals surface area contributed by atoms with E-state index in [1.165, 1.54) is 17.6 Å². The Morgan fingerprint density at radius 1 is 1.48 bits per heavy atom. The number of nitrogens with two attached hydrogens (primary N) is 1. The molecule has 0 saturated carbocycles. The van der Waals surface area contributed by atoms with Crippen LogP contribution in [-0.2, 0) is 0 Å². The zero-order chi connectivity index (χ0) is 17.3. The van der Waals surface area contributed by atoms with Gasteiger partial charge >= 0.3 is 0 Å². The minimum atomic E-state index is -0.321. The van der Waals surface area contributed by atoms with Crippen LogP contribution in [0.3, 0.4) is 0 Å². The smallest absolute Gasteiger partial charge is 0.291 e. The summed E-state index contributed by atoms with van der Waals surface area (Å²) in [6.07, 6.45) is 2.39. The molecule has 2 aromatic rings. The number of furan rings is 1. The standard InChI is InChI=1S/C17H21N3O3S.ClH/c1-10-6-14(19-16(21)13-4-3-5-23-13)24-15(10)17(22)20-9-12(8-18)7-11(20)2;/h3-6,11-12H,7-9,18H2,1-2H3,(H,19,21);1H. The lowest BCUT2D eigenvalue weighted by Crippen LogP contribution is -2.34. The van der Waals surface area contributed by atoms with Gasteiger partial charge in [-0.2, -0.15) is 0 Å². The van der Waals surface area contributed by atoms with Gasteiger partial charge in [-0.05, 0) is 56.5 Å². The fourth-order valence-corrected chi connectivity index (χ4v) is 4.09. The molecule has 8 heteroatoms. The largest absolute Gasteiger partial charge is 0.459 e. The number of hydrogen-bond donors (Lipinski definition) is 2. The molecule has 2 aromatic heterocycles. The van der Waals surface area contributed by atoms with Gasteiger partial charge in [-0.1, -0.05) is 0 Å². The Morgan fingerprint density at radius 2 is 2.24 bits per heavy atom. The molecule has 3 rings (SSSR count). The molecule has 0 aromatic carbocycles. The van der Waals surface area contributed by atoms with Crippen LogP contribution in [0.1, 0.15) is 39.1 Å². The van der Waals surface area contributed by atoms with Crippen molar-refractivity contribution in [2.24, 2.45) is 11.7 Å². The van der Waals surface area contributed by atoms with E-state index in [0.29, 0.717) is 28.9 Å². The van der Waals surface area contributed by atoms with Gasteiger partial charge in [-0.25, -0.2) is 0 Å². The zero-order valence-electron chi connectivity index (χ0n) is 14.2. The monoisotopic (exact) mass is 383 g/mol. The molecular formula is C17H22ClN3O3S. The number of rotatable bonds is 4. The fraction of sp³-hybridized carbons (Fsp3) is 0.412. The number of hydrogen-bond acceptors (Lipinski definition) is 5. The average Bonchev–Trinajstić information content (AvgIpc) is 3.26. The van der Waals surface area contributed by atoms with Crippen molar-refractivity contribution in [1.29, 1.82) is 0 Å². The van der Waals surface area contributed by atoms with Crippen molar-refractivity contribution in [3.63, 3.8) is 0 Å². The predicted octanol–water partition coefficient (Wildman–Crippen LogP) is 3.13. The van der Waals surface area contributed by atoms with Crippen molar-refractivity contribution >= 4 is 40.6 Å². The molecule has 6 nitrogen and oxygen atoms in total. The number of carbonyl (C=O) groups excluding carboxylic acids is 2. The lowest BCUT2D eigenvalue weighted by molar-refractivity contribution is 0.0747. The van der Waals surface area contributed by atoms with Crippen LogP contribution < -0.4 is 11.1 Å². The second-order valence-electron chi connectivity index (χ2n) is 6.20. The van der Waals surface area contributed by atoms with Gasteiger partial charge in [-0.3, -0.25) is 9.59 Å². The molecule has 3 N–H and O–H groups in total. The Kier molecular flexibility index (Phi) is 6.26. The summed E-state index contributed by atoms with van der Waals surface area (Å²) in [5, 5.41) is 3.42. The van der Waals surface area contributed by atoms with Gasteiger partial charge in [0.25, 0.3) is 11.8 Å². The third-order valence-corrected chi connectivity index (χ3v) is 5.49. The van der Waals surface area contributed by atoms with E-state index in [1.54, 1.807) is 12.1 Å². The van der Waals surface area contributed by atoms with Gasteiger partial charge in [0, 0.05) is 12.6 Å². The van der Waals surface area contributed by atoms with Gasteiger partial charge in [0.2, 0.25) is 0 Å². The summed E-state index contributed by atoms with van der Waals surface area (Å²) in [4.78, 5) is 27.4. The maximum Gasteiger partial charge on any atom is 0.291 e. The summed E-state index contributed by atoms with van der Waals surface area (Å²) in [5.41, 5.74) is 6.60. The van der Waals surface area contributed by atoms with E-state index in [-0.39, 0.29) is 36.0 Å². The second kappa shape index (κ2) is 8.03. The molecule has 0 bridgehead atoms. The van der Waals surface area contributed by atoms with Gasteiger partial charge in [0.15, 0.2) is 5.76 Å². The van der Waals surface area contributed by atoms with Crippen LogP contribution in [0.15, 0.2) is 28.9 Å². The number of anilines is 1. The number of nitrogens with one attached hydrogen (secondary N) is 1. The molecule has 0 spiro atoms. The van der Waals surface area contributed by atoms with Gasteiger partial charge in [0.05, 0.1) is 16.1 Å². The van der Waals surface area contributed by atoms with E-state index >= 15 is 0 Å². The van der Waals surface area contributed by atoms with Gasteiger partial charge in [-0.15, -0.1) is 23.7 Å². The van der Waals surface area contributed by atoms with E-state index in [0.717, 1.165) is 12.0 Å². The molecular weight excluding hydrogens is 362 g/mol. The molecule has 2 unspecified atom stereocenters. The normalized spacial score (nSPS) is 19.6. The van der Waals surface area contributed by atoms with Crippen molar-refractivity contribution in [3.8, 4) is 0 Å². The Morgan fingerprint density at radius 3 is 2.84 bits per heavy atom. The summed E-state index contributed by atoms with van der Waals surface area (Å²) in [7, 11) is 0. The summed E-state index contributed by atoms with van der Waals surface area (Å²) < 4.78 is 5.08. The number of amides is 2. The predicted molar refractivity (Wildman–Crippen MR) is 101 cm³/mol. The molecule has 2 atom stereocenters. The Balaban J connectivity index is 0.00000225. The average molecular weight is 384 g/mol. The van der Waals surface area contributed by atoms with Crippen LogP contribution in [0.25, 0.3) is 0 Å². The van der Waals surface area contributed by atoms with Crippen molar-refractivity contribution in [2.45, 2.75) is 26.3 Å². The maximum absolute atomic E-state index is 12.8. The molecule has 0 radical (unpaired) electrons. The van der Waals surface area contributed by atoms with Crippen LogP contribution >= 0.6 is 23.7 Å². The summed E-state index contributed by atoms with van der Waals surface area (Å²) in [6.45, 7) is 5.23. The van der Waals surface area contributed by atoms with E-state index < -0.39 is 0 Å². The fourth-order valence-electron chi connectivity index (χ4n) is 3.06. The third kappa shape index (κ3) is 4.05. The first-order chi connectivity index (χ1) is 11.5. The SMILES string of the molecule is Cc1cc(NC(=O)c2ccco2)sc1C(=O)N1CC(CN)CC1C.Cl. The van der Waals surface area contributed by atoms with Crippen molar-refractivity contribution in [1.82, 2.24) is 4.90 Å². The number of halogens is 1. The Bertz CT molecular complexity index is 744. The summed E-state index contributed by atoms with van der Waals surface area (Å²) in [5.74, 6) is 0.299. The minimum Gasteiger partial charge on any atom is -0.459 e. The maximum atomic E-state index is 12.8. The first-order valence-electron chi connectivity index (χ1n) is 7.96. The highest BCUT2D eigenvalue weighted by Crippen LogP contribution is 2.31. The number of thiophene rings is 1. The molecule has 1 aliphatic rings. The Hall–Kier alpha value is -1.83. The van der Waals surface area contributed by atoms with E-state index in [2.05, 4.69) is 12.2 Å². The molecule has 25 heavy (non-hydrogen) atoms. The quantitative estimate of drug-likeness (QED) is 0.848. The molecule has 1 saturated heterocycles. The lowest BCUT2D eigenvalue weighted by atomic mass is 10.1. The number of likely N-dealkylation sites (tertiary alicyclic amines) is 1. The van der Waals surface area contributed by atoms with Crippen LogP contribution in [0.2, 0.25) is 0 Å². The highest BCUT2D eigenvalue weighted by molar-refractivity contribution is 7.18. The molecule has 1 aliphatic heterocycles. The van der Waals surface area contributed by atoms with Crippen molar-refractivity contribution < 1.29 is 14.0 Å². The van der Waals surface area contributed by atoms with Crippen molar-refractivity contribution in [2.75, 3.05) is 18.4 Å². The number of nitrogens with zero attached hydrogens (tertiary/aromatic N) is 1. The highest BCUT2D eigenvalue weighted by Gasteiger charge is 2.33. The van der Waals surface area contributed by atoms with Crippen molar-refractivity contribution in [3.05, 3.63) is 40.7 Å². The third-order valence-electron chi connectivity index (χ3n) is 4.35. The number of aryl methyl sites for hydroxylation is 1. The molecule has 136 valence electrons. The topological polar surface area (TPSA) is 88.6 Å². The van der Waals surface area contributed by atoms with Gasteiger partial charge < -0.3 is 20.4 Å². The molecule has 2 amide bonds. The van der Waals surface area contributed by atoms with Gasteiger partial charge in [0.1, 0.15) is 0 Å². The second-order valence-corrected chi connectivity index (χ2v) is 7.25. The Labute approximate surface area is 156 Å². The number of carbonyl (C=O) groups is 2.